The molecule has 2 aromatic rings. The number of benzene rings is 1. The predicted octanol–water partition coefficient (Wildman–Crippen LogP) is 2.96. The summed E-state index contributed by atoms with van der Waals surface area (Å²) in [5, 5.41) is 0.999. The molecular formula is C13H15FN2. The minimum absolute atomic E-state index is 0.254. The van der Waals surface area contributed by atoms with Gasteiger partial charge in [-0.25, -0.2) is 4.39 Å². The van der Waals surface area contributed by atoms with E-state index in [9.17, 15) is 4.39 Å². The molecule has 2 rings (SSSR count). The SMILES string of the molecule is CC(C)c1c(CN)cnc2cc(F)ccc12. The third-order valence-electron chi connectivity index (χ3n) is 2.75. The molecule has 0 unspecified atom stereocenters. The topological polar surface area (TPSA) is 38.9 Å². The molecule has 16 heavy (non-hydrogen) atoms. The number of nitrogens with two attached hydrogens (primary N) is 1. The average Bonchev–Trinajstić information content (AvgIpc) is 2.26. The fraction of sp³-hybridized carbons (Fsp3) is 0.308. The molecule has 84 valence electrons. The number of rotatable bonds is 2. The van der Waals surface area contributed by atoms with Crippen LogP contribution in [0, 0.1) is 5.82 Å². The fourth-order valence-corrected chi connectivity index (χ4v) is 2.07. The van der Waals surface area contributed by atoms with Gasteiger partial charge in [-0.2, -0.15) is 0 Å². The standard InChI is InChI=1S/C13H15FN2/c1-8(2)13-9(6-15)7-16-12-5-10(14)3-4-11(12)13/h3-5,7-8H,6,15H2,1-2H3. The molecule has 1 aromatic heterocycles. The van der Waals surface area contributed by atoms with Crippen LogP contribution in [0.2, 0.25) is 0 Å². The quantitative estimate of drug-likeness (QED) is 0.841. The molecule has 3 heteroatoms. The molecule has 0 radical (unpaired) electrons. The first kappa shape index (κ1) is 11.0. The van der Waals surface area contributed by atoms with Crippen molar-refractivity contribution in [1.29, 1.82) is 0 Å². The summed E-state index contributed by atoms with van der Waals surface area (Å²) in [6.45, 7) is 4.68. The summed E-state index contributed by atoms with van der Waals surface area (Å²) in [5.41, 5.74) is 8.60. The Morgan fingerprint density at radius 3 is 2.75 bits per heavy atom. The molecule has 0 amide bonds. The van der Waals surface area contributed by atoms with E-state index in [4.69, 9.17) is 5.73 Å². The second-order valence-electron chi connectivity index (χ2n) is 4.22. The van der Waals surface area contributed by atoms with E-state index in [-0.39, 0.29) is 5.82 Å². The molecular weight excluding hydrogens is 203 g/mol. The first-order valence-electron chi connectivity index (χ1n) is 5.40. The Kier molecular flexibility index (Phi) is 2.88. The van der Waals surface area contributed by atoms with Crippen molar-refractivity contribution in [3.05, 3.63) is 41.3 Å². The number of aromatic nitrogens is 1. The number of hydrogen-bond acceptors (Lipinski definition) is 2. The van der Waals surface area contributed by atoms with Gasteiger partial charge in [0.2, 0.25) is 0 Å². The number of fused-ring (bicyclic) bond motifs is 1. The summed E-state index contributed by atoms with van der Waals surface area (Å²) in [5.74, 6) is 0.102. The van der Waals surface area contributed by atoms with E-state index in [1.54, 1.807) is 12.3 Å². The number of nitrogens with zero attached hydrogens (tertiary/aromatic N) is 1. The lowest BCUT2D eigenvalue weighted by Crippen LogP contribution is -2.05. The minimum atomic E-state index is -0.254. The Morgan fingerprint density at radius 2 is 2.12 bits per heavy atom. The summed E-state index contributed by atoms with van der Waals surface area (Å²) in [4.78, 5) is 4.24. The predicted molar refractivity (Wildman–Crippen MR) is 63.7 cm³/mol. The second-order valence-corrected chi connectivity index (χ2v) is 4.22. The second kappa shape index (κ2) is 4.18. The Hall–Kier alpha value is -1.48. The molecule has 0 atom stereocenters. The molecule has 2 nitrogen and oxygen atoms in total. The molecule has 1 aromatic carbocycles. The van der Waals surface area contributed by atoms with Crippen molar-refractivity contribution in [1.82, 2.24) is 4.98 Å². The number of halogens is 1. The van der Waals surface area contributed by atoms with Crippen molar-refractivity contribution in [2.75, 3.05) is 0 Å². The fourth-order valence-electron chi connectivity index (χ4n) is 2.07. The lowest BCUT2D eigenvalue weighted by Gasteiger charge is -2.14. The van der Waals surface area contributed by atoms with E-state index in [0.29, 0.717) is 18.0 Å². The van der Waals surface area contributed by atoms with Crippen LogP contribution < -0.4 is 5.73 Å². The van der Waals surface area contributed by atoms with Gasteiger partial charge in [0, 0.05) is 24.2 Å². The van der Waals surface area contributed by atoms with Crippen LogP contribution in [0.25, 0.3) is 10.9 Å². The van der Waals surface area contributed by atoms with Gasteiger partial charge in [0.05, 0.1) is 5.52 Å². The lowest BCUT2D eigenvalue weighted by atomic mass is 9.94. The summed E-state index contributed by atoms with van der Waals surface area (Å²) < 4.78 is 13.1. The molecule has 2 N–H and O–H groups in total. The smallest absolute Gasteiger partial charge is 0.125 e. The molecule has 0 bridgehead atoms. The molecule has 1 heterocycles. The third-order valence-corrected chi connectivity index (χ3v) is 2.75. The van der Waals surface area contributed by atoms with Crippen molar-refractivity contribution in [2.45, 2.75) is 26.3 Å². The van der Waals surface area contributed by atoms with Gasteiger partial charge in [-0.3, -0.25) is 4.98 Å². The Morgan fingerprint density at radius 1 is 1.38 bits per heavy atom. The van der Waals surface area contributed by atoms with Crippen molar-refractivity contribution in [3.8, 4) is 0 Å². The maximum Gasteiger partial charge on any atom is 0.125 e. The van der Waals surface area contributed by atoms with Gasteiger partial charge < -0.3 is 5.73 Å². The molecule has 0 fully saturated rings. The maximum absolute atomic E-state index is 13.1. The van der Waals surface area contributed by atoms with Crippen LogP contribution in [-0.4, -0.2) is 4.98 Å². The first-order valence-corrected chi connectivity index (χ1v) is 5.40. The van der Waals surface area contributed by atoms with E-state index in [2.05, 4.69) is 18.8 Å². The largest absolute Gasteiger partial charge is 0.326 e. The maximum atomic E-state index is 13.1. The molecule has 0 aliphatic carbocycles. The molecule has 0 spiro atoms. The van der Waals surface area contributed by atoms with Gasteiger partial charge in [0.15, 0.2) is 0 Å². The van der Waals surface area contributed by atoms with Crippen LogP contribution in [0.15, 0.2) is 24.4 Å². The van der Waals surface area contributed by atoms with Crippen LogP contribution in [-0.2, 0) is 6.54 Å². The van der Waals surface area contributed by atoms with Crippen LogP contribution >= 0.6 is 0 Å². The zero-order valence-electron chi connectivity index (χ0n) is 9.50. The van der Waals surface area contributed by atoms with E-state index >= 15 is 0 Å². The van der Waals surface area contributed by atoms with Gasteiger partial charge in [-0.1, -0.05) is 13.8 Å². The highest BCUT2D eigenvalue weighted by Crippen LogP contribution is 2.27. The van der Waals surface area contributed by atoms with Gasteiger partial charge >= 0.3 is 0 Å². The van der Waals surface area contributed by atoms with Crippen LogP contribution in [0.5, 0.6) is 0 Å². The van der Waals surface area contributed by atoms with E-state index in [1.165, 1.54) is 17.7 Å². The van der Waals surface area contributed by atoms with Crippen molar-refractivity contribution in [3.63, 3.8) is 0 Å². The van der Waals surface area contributed by atoms with Crippen LogP contribution in [0.1, 0.15) is 30.9 Å². The lowest BCUT2D eigenvalue weighted by molar-refractivity contribution is 0.629. The van der Waals surface area contributed by atoms with Crippen LogP contribution in [0.3, 0.4) is 0 Å². The number of pyridine rings is 1. The zero-order chi connectivity index (χ0) is 11.7. The minimum Gasteiger partial charge on any atom is -0.326 e. The Balaban J connectivity index is 2.79. The highest BCUT2D eigenvalue weighted by Gasteiger charge is 2.11. The molecule has 0 aliphatic heterocycles. The monoisotopic (exact) mass is 218 g/mol. The van der Waals surface area contributed by atoms with Crippen molar-refractivity contribution >= 4 is 10.9 Å². The summed E-state index contributed by atoms with van der Waals surface area (Å²) >= 11 is 0. The Bertz CT molecular complexity index is 521. The normalized spacial score (nSPS) is 11.3. The highest BCUT2D eigenvalue weighted by molar-refractivity contribution is 5.83. The summed E-state index contributed by atoms with van der Waals surface area (Å²) in [6.07, 6.45) is 1.75. The average molecular weight is 218 g/mol. The van der Waals surface area contributed by atoms with E-state index < -0.39 is 0 Å². The third kappa shape index (κ3) is 1.78. The van der Waals surface area contributed by atoms with Crippen LogP contribution in [0.4, 0.5) is 4.39 Å². The number of hydrogen-bond donors (Lipinski definition) is 1. The van der Waals surface area contributed by atoms with Crippen molar-refractivity contribution < 1.29 is 4.39 Å². The summed E-state index contributed by atoms with van der Waals surface area (Å²) in [6, 6.07) is 4.71. The molecule has 0 aliphatic rings. The Labute approximate surface area is 94.3 Å². The van der Waals surface area contributed by atoms with Gasteiger partial charge in [0.1, 0.15) is 5.82 Å². The highest BCUT2D eigenvalue weighted by atomic mass is 19.1. The van der Waals surface area contributed by atoms with Gasteiger partial charge in [0.25, 0.3) is 0 Å². The first-order chi connectivity index (χ1) is 7.63. The van der Waals surface area contributed by atoms with Gasteiger partial charge in [-0.05, 0) is 29.2 Å². The summed E-state index contributed by atoms with van der Waals surface area (Å²) in [7, 11) is 0. The van der Waals surface area contributed by atoms with Gasteiger partial charge in [-0.15, -0.1) is 0 Å². The van der Waals surface area contributed by atoms with Crippen molar-refractivity contribution in [2.24, 2.45) is 5.73 Å². The van der Waals surface area contributed by atoms with E-state index in [0.717, 1.165) is 10.9 Å². The molecule has 0 saturated carbocycles. The molecule has 0 saturated heterocycles. The van der Waals surface area contributed by atoms with E-state index in [1.807, 2.05) is 0 Å². The zero-order valence-corrected chi connectivity index (χ0v) is 9.50.